The number of aliphatic hydroxyl groups is 1. The Morgan fingerprint density at radius 1 is 1.33 bits per heavy atom. The van der Waals surface area contributed by atoms with Gasteiger partial charge in [-0.2, -0.15) is 0 Å². The molecule has 5 nitrogen and oxygen atoms in total. The summed E-state index contributed by atoms with van der Waals surface area (Å²) in [6.45, 7) is 0.450. The van der Waals surface area contributed by atoms with Crippen LogP contribution < -0.4 is 4.74 Å². The predicted octanol–water partition coefficient (Wildman–Crippen LogP) is 1.68. The minimum atomic E-state index is -0.0469. The molecule has 0 unspecified atom stereocenters. The molecule has 1 N–H and O–H groups in total. The molecular weight excluding hydrogens is 230 g/mol. The zero-order chi connectivity index (χ0) is 12.4. The van der Waals surface area contributed by atoms with E-state index >= 15 is 0 Å². The van der Waals surface area contributed by atoms with Gasteiger partial charge < -0.3 is 14.4 Å². The number of hydrogen-bond donors (Lipinski definition) is 1. The van der Waals surface area contributed by atoms with E-state index in [0.29, 0.717) is 24.1 Å². The fraction of sp³-hybridized carbons (Fsp3) is 0.385. The first-order valence-corrected chi connectivity index (χ1v) is 6.06. The van der Waals surface area contributed by atoms with Gasteiger partial charge in [0.15, 0.2) is 0 Å². The number of nitrogens with zero attached hydrogens (tertiary/aromatic N) is 3. The Labute approximate surface area is 105 Å². The minimum Gasteiger partial charge on any atom is -0.486 e. The normalized spacial score (nSPS) is 14.7. The van der Waals surface area contributed by atoms with Gasteiger partial charge in [0.2, 0.25) is 0 Å². The maximum absolute atomic E-state index is 8.90. The SMILES string of the molecule is OCc1ccc(OCc2cncn2C2CC2)cn1. The van der Waals surface area contributed by atoms with Crippen molar-refractivity contribution in [1.29, 1.82) is 0 Å². The summed E-state index contributed by atoms with van der Waals surface area (Å²) >= 11 is 0. The van der Waals surface area contributed by atoms with Gasteiger partial charge in [-0.1, -0.05) is 0 Å². The molecule has 0 radical (unpaired) electrons. The fourth-order valence-corrected chi connectivity index (χ4v) is 1.87. The summed E-state index contributed by atoms with van der Waals surface area (Å²) in [6.07, 6.45) is 7.80. The van der Waals surface area contributed by atoms with Crippen LogP contribution in [0.15, 0.2) is 30.9 Å². The third kappa shape index (κ3) is 2.36. The molecule has 0 bridgehead atoms. The highest BCUT2D eigenvalue weighted by Gasteiger charge is 2.25. The summed E-state index contributed by atoms with van der Waals surface area (Å²) in [7, 11) is 0. The molecule has 94 valence electrons. The molecule has 2 aromatic rings. The summed E-state index contributed by atoms with van der Waals surface area (Å²) in [6, 6.07) is 4.19. The summed E-state index contributed by atoms with van der Waals surface area (Å²) in [5, 5.41) is 8.90. The van der Waals surface area contributed by atoms with Crippen molar-refractivity contribution in [3.63, 3.8) is 0 Å². The second-order valence-electron chi connectivity index (χ2n) is 4.46. The van der Waals surface area contributed by atoms with Crippen molar-refractivity contribution in [1.82, 2.24) is 14.5 Å². The standard InChI is InChI=1S/C13H15N3O2/c17-7-10-1-4-13(6-15-10)18-8-12-5-14-9-16(12)11-2-3-11/h1,4-6,9,11,17H,2-3,7-8H2. The molecule has 0 saturated heterocycles. The quantitative estimate of drug-likeness (QED) is 0.870. The second kappa shape index (κ2) is 4.78. The van der Waals surface area contributed by atoms with Crippen LogP contribution in [0.2, 0.25) is 0 Å². The lowest BCUT2D eigenvalue weighted by Gasteiger charge is -2.08. The summed E-state index contributed by atoms with van der Waals surface area (Å²) < 4.78 is 7.84. The topological polar surface area (TPSA) is 60.2 Å². The van der Waals surface area contributed by atoms with E-state index in [1.165, 1.54) is 12.8 Å². The van der Waals surface area contributed by atoms with Gasteiger partial charge in [-0.25, -0.2) is 4.98 Å². The smallest absolute Gasteiger partial charge is 0.138 e. The van der Waals surface area contributed by atoms with Gasteiger partial charge >= 0.3 is 0 Å². The number of hydrogen-bond acceptors (Lipinski definition) is 4. The van der Waals surface area contributed by atoms with E-state index in [1.807, 2.05) is 18.6 Å². The van der Waals surface area contributed by atoms with Gasteiger partial charge in [0.25, 0.3) is 0 Å². The van der Waals surface area contributed by atoms with Crippen LogP contribution in [0.4, 0.5) is 0 Å². The third-order valence-corrected chi connectivity index (χ3v) is 3.03. The number of pyridine rings is 1. The highest BCUT2D eigenvalue weighted by molar-refractivity contribution is 5.20. The second-order valence-corrected chi connectivity index (χ2v) is 4.46. The van der Waals surface area contributed by atoms with E-state index in [0.717, 1.165) is 5.69 Å². The maximum atomic E-state index is 8.90. The first-order valence-electron chi connectivity index (χ1n) is 6.06. The summed E-state index contributed by atoms with van der Waals surface area (Å²) in [5.41, 5.74) is 1.73. The van der Waals surface area contributed by atoms with Crippen LogP contribution in [0.1, 0.15) is 30.3 Å². The molecule has 0 aliphatic heterocycles. The van der Waals surface area contributed by atoms with E-state index in [4.69, 9.17) is 9.84 Å². The largest absolute Gasteiger partial charge is 0.486 e. The molecule has 1 saturated carbocycles. The van der Waals surface area contributed by atoms with Crippen LogP contribution in [0.25, 0.3) is 0 Å². The Bertz CT molecular complexity index is 517. The summed E-state index contributed by atoms with van der Waals surface area (Å²) in [5.74, 6) is 0.704. The van der Waals surface area contributed by atoms with Crippen LogP contribution in [0.3, 0.4) is 0 Å². The molecule has 0 spiro atoms. The number of imidazole rings is 1. The number of aliphatic hydroxyl groups excluding tert-OH is 1. The molecule has 0 aromatic carbocycles. The van der Waals surface area contributed by atoms with Crippen LogP contribution in [0, 0.1) is 0 Å². The molecule has 2 aromatic heterocycles. The molecular formula is C13H15N3O2. The lowest BCUT2D eigenvalue weighted by atomic mass is 10.3. The number of ether oxygens (including phenoxy) is 1. The third-order valence-electron chi connectivity index (χ3n) is 3.03. The molecule has 18 heavy (non-hydrogen) atoms. The van der Waals surface area contributed by atoms with E-state index in [2.05, 4.69) is 14.5 Å². The van der Waals surface area contributed by atoms with E-state index < -0.39 is 0 Å². The minimum absolute atomic E-state index is 0.0469. The van der Waals surface area contributed by atoms with Crippen molar-refractivity contribution >= 4 is 0 Å². The van der Waals surface area contributed by atoms with Crippen molar-refractivity contribution in [2.24, 2.45) is 0 Å². The first kappa shape index (κ1) is 11.2. The van der Waals surface area contributed by atoms with Crippen molar-refractivity contribution in [3.05, 3.63) is 42.2 Å². The van der Waals surface area contributed by atoms with Crippen molar-refractivity contribution in [2.45, 2.75) is 32.1 Å². The summed E-state index contributed by atoms with van der Waals surface area (Å²) in [4.78, 5) is 8.23. The van der Waals surface area contributed by atoms with Gasteiger partial charge in [-0.3, -0.25) is 4.98 Å². The molecule has 0 amide bonds. The van der Waals surface area contributed by atoms with Gasteiger partial charge in [-0.05, 0) is 25.0 Å². The zero-order valence-corrected chi connectivity index (χ0v) is 9.99. The van der Waals surface area contributed by atoms with Crippen LogP contribution in [-0.4, -0.2) is 19.6 Å². The number of aromatic nitrogens is 3. The Morgan fingerprint density at radius 2 is 2.22 bits per heavy atom. The Kier molecular flexibility index (Phi) is 2.98. The van der Waals surface area contributed by atoms with Crippen molar-refractivity contribution < 1.29 is 9.84 Å². The Morgan fingerprint density at radius 3 is 2.89 bits per heavy atom. The molecule has 0 atom stereocenters. The lowest BCUT2D eigenvalue weighted by molar-refractivity contribution is 0.274. The zero-order valence-electron chi connectivity index (χ0n) is 9.99. The van der Waals surface area contributed by atoms with Crippen LogP contribution in [-0.2, 0) is 13.2 Å². The molecule has 1 aliphatic rings. The average Bonchev–Trinajstić information content (AvgIpc) is 3.16. The van der Waals surface area contributed by atoms with Crippen LogP contribution >= 0.6 is 0 Å². The van der Waals surface area contributed by atoms with Crippen molar-refractivity contribution in [3.8, 4) is 5.75 Å². The maximum Gasteiger partial charge on any atom is 0.138 e. The van der Waals surface area contributed by atoms with Crippen LogP contribution in [0.5, 0.6) is 5.75 Å². The van der Waals surface area contributed by atoms with Gasteiger partial charge in [0, 0.05) is 6.04 Å². The van der Waals surface area contributed by atoms with Gasteiger partial charge in [0.05, 0.1) is 36.7 Å². The number of rotatable bonds is 5. The van der Waals surface area contributed by atoms with Crippen molar-refractivity contribution in [2.75, 3.05) is 0 Å². The molecule has 5 heteroatoms. The lowest BCUT2D eigenvalue weighted by Crippen LogP contribution is -2.04. The highest BCUT2D eigenvalue weighted by atomic mass is 16.5. The van der Waals surface area contributed by atoms with E-state index in [1.54, 1.807) is 12.3 Å². The monoisotopic (exact) mass is 245 g/mol. The van der Waals surface area contributed by atoms with E-state index in [-0.39, 0.29) is 6.61 Å². The first-order chi connectivity index (χ1) is 8.86. The average molecular weight is 245 g/mol. The predicted molar refractivity (Wildman–Crippen MR) is 65.0 cm³/mol. The van der Waals surface area contributed by atoms with E-state index in [9.17, 15) is 0 Å². The van der Waals surface area contributed by atoms with Gasteiger partial charge in [-0.15, -0.1) is 0 Å². The molecule has 2 heterocycles. The molecule has 1 fully saturated rings. The molecule has 3 rings (SSSR count). The Hall–Kier alpha value is -1.88. The fourth-order valence-electron chi connectivity index (χ4n) is 1.87. The van der Waals surface area contributed by atoms with Gasteiger partial charge in [0.1, 0.15) is 12.4 Å². The molecule has 1 aliphatic carbocycles. The highest BCUT2D eigenvalue weighted by Crippen LogP contribution is 2.35. The Balaban J connectivity index is 1.64.